The van der Waals surface area contributed by atoms with Gasteiger partial charge in [0.2, 0.25) is 5.91 Å². The molecule has 0 saturated carbocycles. The van der Waals surface area contributed by atoms with Gasteiger partial charge in [-0.25, -0.2) is 9.97 Å². The monoisotopic (exact) mass is 380 g/mol. The van der Waals surface area contributed by atoms with Crippen LogP contribution in [0.25, 0.3) is 5.57 Å². The first kappa shape index (κ1) is 21.2. The Hall–Kier alpha value is -3.15. The van der Waals surface area contributed by atoms with E-state index in [4.69, 9.17) is 10.5 Å². The highest BCUT2D eigenvalue weighted by Gasteiger charge is 2.13. The summed E-state index contributed by atoms with van der Waals surface area (Å²) in [5.74, 6) is 1.18. The van der Waals surface area contributed by atoms with E-state index in [1.165, 1.54) is 6.33 Å². The van der Waals surface area contributed by atoms with Gasteiger partial charge in [-0.05, 0) is 42.5 Å². The summed E-state index contributed by atoms with van der Waals surface area (Å²) < 4.78 is 5.21. The Morgan fingerprint density at radius 2 is 2.00 bits per heavy atom. The molecule has 1 aliphatic carbocycles. The first-order valence-corrected chi connectivity index (χ1v) is 9.54. The molecule has 0 aliphatic heterocycles. The molecule has 28 heavy (non-hydrogen) atoms. The summed E-state index contributed by atoms with van der Waals surface area (Å²) in [5.41, 5.74) is 9.37. The number of hydrogen-bond donors (Lipinski definition) is 2. The van der Waals surface area contributed by atoms with Gasteiger partial charge in [0.05, 0.1) is 12.8 Å². The number of ether oxygens (including phenoxy) is 1. The molecule has 0 saturated heterocycles. The maximum atomic E-state index is 12.5. The standard InChI is InChI=1S/C20H22N4O2.C2H6/c1-26-17-7-2-4-14(10-17)12-22-20(25)16-6-3-5-15(8-9-16)18-11-19(21)24-13-23-18;1-2/h2,4,7-11,13H,3,5-6,12H2,1H3,(H,22,25)(H2,21,23,24);1-2H3. The van der Waals surface area contributed by atoms with Crippen molar-refractivity contribution in [2.24, 2.45) is 0 Å². The number of nitrogens with two attached hydrogens (primary N) is 1. The second-order valence-corrected chi connectivity index (χ2v) is 6.10. The van der Waals surface area contributed by atoms with Gasteiger partial charge in [0.1, 0.15) is 17.9 Å². The predicted molar refractivity (Wildman–Crippen MR) is 113 cm³/mol. The second kappa shape index (κ2) is 10.9. The van der Waals surface area contributed by atoms with Gasteiger partial charge in [-0.15, -0.1) is 0 Å². The van der Waals surface area contributed by atoms with Crippen LogP contribution < -0.4 is 15.8 Å². The number of methoxy groups -OCH3 is 1. The molecule has 0 bridgehead atoms. The number of nitrogens with zero attached hydrogens (tertiary/aromatic N) is 2. The highest BCUT2D eigenvalue weighted by atomic mass is 16.5. The zero-order valence-electron chi connectivity index (χ0n) is 16.7. The van der Waals surface area contributed by atoms with Crippen molar-refractivity contribution in [3.05, 3.63) is 65.6 Å². The number of hydrogen-bond acceptors (Lipinski definition) is 5. The summed E-state index contributed by atoms with van der Waals surface area (Å²) in [4.78, 5) is 20.7. The number of anilines is 1. The Bertz CT molecular complexity index is 859. The molecule has 3 N–H and O–H groups in total. The van der Waals surface area contributed by atoms with E-state index in [0.29, 0.717) is 12.4 Å². The van der Waals surface area contributed by atoms with Gasteiger partial charge in [-0.2, -0.15) is 0 Å². The van der Waals surface area contributed by atoms with E-state index in [1.807, 2.05) is 50.3 Å². The van der Waals surface area contributed by atoms with E-state index >= 15 is 0 Å². The number of carbonyl (C=O) groups excluding carboxylic acids is 1. The fraction of sp³-hybridized carbons (Fsp3) is 0.318. The molecule has 148 valence electrons. The van der Waals surface area contributed by atoms with Crippen LogP contribution in [-0.4, -0.2) is 23.0 Å². The van der Waals surface area contributed by atoms with E-state index in [9.17, 15) is 4.79 Å². The predicted octanol–water partition coefficient (Wildman–Crippen LogP) is 3.90. The maximum Gasteiger partial charge on any atom is 0.247 e. The van der Waals surface area contributed by atoms with E-state index < -0.39 is 0 Å². The number of nitrogen functional groups attached to an aromatic ring is 1. The number of benzene rings is 1. The number of allylic oxidation sites excluding steroid dienone is 3. The zero-order chi connectivity index (χ0) is 20.4. The second-order valence-electron chi connectivity index (χ2n) is 6.10. The van der Waals surface area contributed by atoms with Gasteiger partial charge >= 0.3 is 0 Å². The van der Waals surface area contributed by atoms with Crippen LogP contribution in [0.3, 0.4) is 0 Å². The SMILES string of the molecule is CC.COc1cccc(CNC(=O)C2=CC=C(c3cc(N)ncn3)CCC2)c1. The average Bonchev–Trinajstić information content (AvgIpc) is 3.00. The molecule has 0 radical (unpaired) electrons. The van der Waals surface area contributed by atoms with Crippen LogP contribution in [-0.2, 0) is 11.3 Å². The van der Waals surface area contributed by atoms with Crippen molar-refractivity contribution >= 4 is 17.3 Å². The van der Waals surface area contributed by atoms with Crippen molar-refractivity contribution in [2.45, 2.75) is 39.7 Å². The maximum absolute atomic E-state index is 12.5. The Labute approximate surface area is 166 Å². The van der Waals surface area contributed by atoms with Crippen molar-refractivity contribution in [3.63, 3.8) is 0 Å². The van der Waals surface area contributed by atoms with Crippen molar-refractivity contribution in [3.8, 4) is 5.75 Å². The fourth-order valence-corrected chi connectivity index (χ4v) is 2.87. The first-order valence-electron chi connectivity index (χ1n) is 9.54. The number of carbonyl (C=O) groups is 1. The highest BCUT2D eigenvalue weighted by molar-refractivity contribution is 5.94. The third kappa shape index (κ3) is 5.94. The summed E-state index contributed by atoms with van der Waals surface area (Å²) >= 11 is 0. The smallest absolute Gasteiger partial charge is 0.247 e. The van der Waals surface area contributed by atoms with Crippen molar-refractivity contribution in [2.75, 3.05) is 12.8 Å². The van der Waals surface area contributed by atoms with Crippen LogP contribution in [0.2, 0.25) is 0 Å². The number of rotatable bonds is 5. The molecule has 0 atom stereocenters. The lowest BCUT2D eigenvalue weighted by Crippen LogP contribution is -2.24. The molecule has 1 aromatic carbocycles. The van der Waals surface area contributed by atoms with Crippen LogP contribution in [0.5, 0.6) is 5.75 Å². The number of aromatic nitrogens is 2. The minimum absolute atomic E-state index is 0.0486. The number of nitrogens with one attached hydrogen (secondary N) is 1. The molecule has 6 heteroatoms. The molecule has 3 rings (SSSR count). The molecule has 1 aromatic heterocycles. The minimum Gasteiger partial charge on any atom is -0.497 e. The Morgan fingerprint density at radius 1 is 1.18 bits per heavy atom. The molecular formula is C22H28N4O2. The molecule has 1 amide bonds. The first-order chi connectivity index (χ1) is 13.7. The van der Waals surface area contributed by atoms with Crippen LogP contribution in [0.4, 0.5) is 5.82 Å². The summed E-state index contributed by atoms with van der Waals surface area (Å²) in [7, 11) is 1.63. The molecule has 1 heterocycles. The van der Waals surface area contributed by atoms with Crippen LogP contribution >= 0.6 is 0 Å². The van der Waals surface area contributed by atoms with E-state index in [2.05, 4.69) is 15.3 Å². The highest BCUT2D eigenvalue weighted by Crippen LogP contribution is 2.25. The minimum atomic E-state index is -0.0486. The van der Waals surface area contributed by atoms with Crippen LogP contribution in [0, 0.1) is 0 Å². The van der Waals surface area contributed by atoms with Gasteiger partial charge in [-0.3, -0.25) is 4.79 Å². The van der Waals surface area contributed by atoms with Crippen LogP contribution in [0.15, 0.2) is 54.4 Å². The molecule has 0 spiro atoms. The third-order valence-corrected chi connectivity index (χ3v) is 4.27. The van der Waals surface area contributed by atoms with E-state index in [-0.39, 0.29) is 5.91 Å². The topological polar surface area (TPSA) is 90.1 Å². The fourth-order valence-electron chi connectivity index (χ4n) is 2.87. The third-order valence-electron chi connectivity index (χ3n) is 4.27. The van der Waals surface area contributed by atoms with Gasteiger partial charge < -0.3 is 15.8 Å². The average molecular weight is 380 g/mol. The normalized spacial score (nSPS) is 13.2. The van der Waals surface area contributed by atoms with Crippen molar-refractivity contribution in [1.82, 2.24) is 15.3 Å². The van der Waals surface area contributed by atoms with Gasteiger partial charge in [-0.1, -0.05) is 38.1 Å². The Balaban J connectivity index is 0.00000136. The Kier molecular flexibility index (Phi) is 8.21. The van der Waals surface area contributed by atoms with E-state index in [0.717, 1.165) is 47.4 Å². The largest absolute Gasteiger partial charge is 0.497 e. The van der Waals surface area contributed by atoms with Gasteiger partial charge in [0, 0.05) is 18.2 Å². The van der Waals surface area contributed by atoms with Crippen molar-refractivity contribution < 1.29 is 9.53 Å². The molecule has 2 aromatic rings. The lowest BCUT2D eigenvalue weighted by atomic mass is 10.1. The summed E-state index contributed by atoms with van der Waals surface area (Å²) in [6, 6.07) is 9.42. The van der Waals surface area contributed by atoms with Gasteiger partial charge in [0.25, 0.3) is 0 Å². The number of amides is 1. The molecule has 0 fully saturated rings. The lowest BCUT2D eigenvalue weighted by molar-refractivity contribution is -0.117. The molecule has 0 unspecified atom stereocenters. The van der Waals surface area contributed by atoms with Crippen molar-refractivity contribution in [1.29, 1.82) is 0 Å². The Morgan fingerprint density at radius 3 is 2.75 bits per heavy atom. The van der Waals surface area contributed by atoms with Crippen LogP contribution in [0.1, 0.15) is 44.4 Å². The zero-order valence-corrected chi connectivity index (χ0v) is 16.7. The van der Waals surface area contributed by atoms with E-state index in [1.54, 1.807) is 13.2 Å². The molecule has 6 nitrogen and oxygen atoms in total. The lowest BCUT2D eigenvalue weighted by Gasteiger charge is -2.09. The quantitative estimate of drug-likeness (QED) is 0.821. The molecular weight excluding hydrogens is 352 g/mol. The molecule has 1 aliphatic rings. The summed E-state index contributed by atoms with van der Waals surface area (Å²) in [6.45, 7) is 4.46. The van der Waals surface area contributed by atoms with Gasteiger partial charge in [0.15, 0.2) is 0 Å². The summed E-state index contributed by atoms with van der Waals surface area (Å²) in [5, 5.41) is 2.97. The summed E-state index contributed by atoms with van der Waals surface area (Å²) in [6.07, 6.45) is 7.75.